The summed E-state index contributed by atoms with van der Waals surface area (Å²) in [6.45, 7) is 0. The fraction of sp³-hybridized carbons (Fsp3) is 0.0476. The van der Waals surface area contributed by atoms with Gasteiger partial charge in [-0.2, -0.15) is 0 Å². The summed E-state index contributed by atoms with van der Waals surface area (Å²) < 4.78 is 10.9. The van der Waals surface area contributed by atoms with Crippen LogP contribution in [0.3, 0.4) is 0 Å². The summed E-state index contributed by atoms with van der Waals surface area (Å²) >= 11 is 5.92. The third kappa shape index (κ3) is 3.64. The number of halogens is 1. The number of ether oxygens (including phenoxy) is 1. The lowest BCUT2D eigenvalue weighted by Crippen LogP contribution is -2.11. The molecule has 5 nitrogen and oxygen atoms in total. The molecule has 0 saturated heterocycles. The molecule has 4 aromatic rings. The highest BCUT2D eigenvalue weighted by Crippen LogP contribution is 2.27. The summed E-state index contributed by atoms with van der Waals surface area (Å²) in [6, 6.07) is 19.5. The van der Waals surface area contributed by atoms with Crippen molar-refractivity contribution in [3.8, 4) is 17.2 Å². The van der Waals surface area contributed by atoms with Crippen LogP contribution in [0.15, 0.2) is 71.1 Å². The van der Waals surface area contributed by atoms with E-state index in [9.17, 15) is 4.79 Å². The Kier molecular flexibility index (Phi) is 4.52. The molecular weight excluding hydrogens is 364 g/mol. The first-order chi connectivity index (χ1) is 13.1. The number of methoxy groups -OCH3 is 1. The molecule has 0 spiro atoms. The molecule has 0 saturated carbocycles. The van der Waals surface area contributed by atoms with Gasteiger partial charge in [-0.05, 0) is 66.7 Å². The van der Waals surface area contributed by atoms with E-state index in [4.69, 9.17) is 20.8 Å². The molecule has 3 aromatic carbocycles. The van der Waals surface area contributed by atoms with Crippen molar-refractivity contribution in [1.82, 2.24) is 4.98 Å². The topological polar surface area (TPSA) is 64.4 Å². The van der Waals surface area contributed by atoms with Gasteiger partial charge in [-0.25, -0.2) is 4.98 Å². The molecular formula is C21H15ClN2O3. The Morgan fingerprint density at radius 1 is 1.04 bits per heavy atom. The second kappa shape index (κ2) is 7.13. The van der Waals surface area contributed by atoms with E-state index in [-0.39, 0.29) is 5.91 Å². The first-order valence-corrected chi connectivity index (χ1v) is 8.62. The number of aromatic nitrogens is 1. The standard InChI is InChI=1S/C21H15ClN2O3/c1-26-17-9-4-13(5-10-17)20(25)23-16-8-11-19-18(12-16)24-21(27-19)14-2-6-15(22)7-3-14/h2-12H,1H3,(H,23,25). The van der Waals surface area contributed by atoms with Gasteiger partial charge in [0.1, 0.15) is 11.3 Å². The molecule has 0 bridgehead atoms. The quantitative estimate of drug-likeness (QED) is 0.515. The van der Waals surface area contributed by atoms with Crippen molar-refractivity contribution in [2.75, 3.05) is 12.4 Å². The van der Waals surface area contributed by atoms with Crippen LogP contribution >= 0.6 is 11.6 Å². The molecule has 0 aliphatic heterocycles. The zero-order valence-corrected chi connectivity index (χ0v) is 15.2. The minimum absolute atomic E-state index is 0.210. The van der Waals surface area contributed by atoms with Gasteiger partial charge in [-0.15, -0.1) is 0 Å². The maximum atomic E-state index is 12.4. The number of hydrogen-bond acceptors (Lipinski definition) is 4. The molecule has 134 valence electrons. The minimum atomic E-state index is -0.210. The third-order valence-electron chi connectivity index (χ3n) is 4.09. The van der Waals surface area contributed by atoms with Crippen LogP contribution in [-0.4, -0.2) is 18.0 Å². The van der Waals surface area contributed by atoms with Crippen LogP contribution in [0.5, 0.6) is 5.75 Å². The number of nitrogens with zero attached hydrogens (tertiary/aromatic N) is 1. The maximum absolute atomic E-state index is 12.4. The number of hydrogen-bond donors (Lipinski definition) is 1. The van der Waals surface area contributed by atoms with Crippen molar-refractivity contribution < 1.29 is 13.9 Å². The van der Waals surface area contributed by atoms with Gasteiger partial charge in [0.2, 0.25) is 5.89 Å². The van der Waals surface area contributed by atoms with Crippen LogP contribution in [-0.2, 0) is 0 Å². The SMILES string of the molecule is COc1ccc(C(=O)Nc2ccc3oc(-c4ccc(Cl)cc4)nc3c2)cc1. The maximum Gasteiger partial charge on any atom is 0.255 e. The molecule has 0 radical (unpaired) electrons. The molecule has 4 rings (SSSR count). The van der Waals surface area contributed by atoms with E-state index in [0.29, 0.717) is 39.0 Å². The Morgan fingerprint density at radius 2 is 1.78 bits per heavy atom. The summed E-state index contributed by atoms with van der Waals surface area (Å²) in [5.74, 6) is 0.990. The predicted octanol–water partition coefficient (Wildman–Crippen LogP) is 5.41. The second-order valence-electron chi connectivity index (χ2n) is 5.89. The molecule has 0 fully saturated rings. The van der Waals surface area contributed by atoms with E-state index < -0.39 is 0 Å². The molecule has 0 unspecified atom stereocenters. The molecule has 1 amide bonds. The Labute approximate surface area is 160 Å². The zero-order chi connectivity index (χ0) is 18.8. The van der Waals surface area contributed by atoms with Gasteiger partial charge in [0.15, 0.2) is 5.58 Å². The van der Waals surface area contributed by atoms with Gasteiger partial charge >= 0.3 is 0 Å². The Hall–Kier alpha value is -3.31. The largest absolute Gasteiger partial charge is 0.497 e. The Morgan fingerprint density at radius 3 is 2.48 bits per heavy atom. The minimum Gasteiger partial charge on any atom is -0.497 e. The number of amides is 1. The molecule has 1 heterocycles. The average Bonchev–Trinajstić information content (AvgIpc) is 3.12. The number of rotatable bonds is 4. The monoisotopic (exact) mass is 378 g/mol. The molecule has 0 aliphatic carbocycles. The van der Waals surface area contributed by atoms with Gasteiger partial charge in [-0.1, -0.05) is 11.6 Å². The van der Waals surface area contributed by atoms with Crippen LogP contribution in [0.4, 0.5) is 5.69 Å². The molecule has 0 atom stereocenters. The summed E-state index contributed by atoms with van der Waals surface area (Å²) in [5, 5.41) is 3.52. The van der Waals surface area contributed by atoms with Gasteiger partial charge in [0.05, 0.1) is 7.11 Å². The van der Waals surface area contributed by atoms with Gasteiger partial charge in [0.25, 0.3) is 5.91 Å². The number of oxazole rings is 1. The Balaban J connectivity index is 1.57. The van der Waals surface area contributed by atoms with Gasteiger partial charge in [0, 0.05) is 21.8 Å². The fourth-order valence-corrected chi connectivity index (χ4v) is 2.79. The van der Waals surface area contributed by atoms with Crippen molar-refractivity contribution in [2.24, 2.45) is 0 Å². The third-order valence-corrected chi connectivity index (χ3v) is 4.34. The first kappa shape index (κ1) is 17.1. The molecule has 6 heteroatoms. The predicted molar refractivity (Wildman–Crippen MR) is 105 cm³/mol. The number of fused-ring (bicyclic) bond motifs is 1. The first-order valence-electron chi connectivity index (χ1n) is 8.24. The highest BCUT2D eigenvalue weighted by Gasteiger charge is 2.11. The fourth-order valence-electron chi connectivity index (χ4n) is 2.67. The van der Waals surface area contributed by atoms with Crippen LogP contribution in [0, 0.1) is 0 Å². The van der Waals surface area contributed by atoms with Crippen LogP contribution < -0.4 is 10.1 Å². The summed E-state index contributed by atoms with van der Waals surface area (Å²) in [6.07, 6.45) is 0. The van der Waals surface area contributed by atoms with Gasteiger partial charge < -0.3 is 14.5 Å². The van der Waals surface area contributed by atoms with E-state index in [1.54, 1.807) is 61.7 Å². The van der Waals surface area contributed by atoms with Gasteiger partial charge in [-0.3, -0.25) is 4.79 Å². The Bertz CT molecular complexity index is 1100. The van der Waals surface area contributed by atoms with Crippen LogP contribution in [0.25, 0.3) is 22.6 Å². The molecule has 1 aromatic heterocycles. The highest BCUT2D eigenvalue weighted by atomic mass is 35.5. The number of carbonyl (C=O) groups is 1. The lowest BCUT2D eigenvalue weighted by Gasteiger charge is -2.06. The van der Waals surface area contributed by atoms with Crippen molar-refractivity contribution in [3.05, 3.63) is 77.3 Å². The second-order valence-corrected chi connectivity index (χ2v) is 6.33. The number of benzene rings is 3. The normalized spacial score (nSPS) is 10.7. The lowest BCUT2D eigenvalue weighted by molar-refractivity contribution is 0.102. The molecule has 0 aliphatic rings. The van der Waals surface area contributed by atoms with Crippen LogP contribution in [0.1, 0.15) is 10.4 Å². The van der Waals surface area contributed by atoms with Crippen molar-refractivity contribution >= 4 is 34.3 Å². The van der Waals surface area contributed by atoms with E-state index in [2.05, 4.69) is 10.3 Å². The molecule has 1 N–H and O–H groups in total. The van der Waals surface area contributed by atoms with E-state index >= 15 is 0 Å². The lowest BCUT2D eigenvalue weighted by atomic mass is 10.2. The summed E-state index contributed by atoms with van der Waals surface area (Å²) in [7, 11) is 1.58. The summed E-state index contributed by atoms with van der Waals surface area (Å²) in [4.78, 5) is 16.9. The van der Waals surface area contributed by atoms with E-state index in [1.807, 2.05) is 12.1 Å². The van der Waals surface area contributed by atoms with E-state index in [0.717, 1.165) is 5.56 Å². The smallest absolute Gasteiger partial charge is 0.255 e. The average molecular weight is 379 g/mol. The summed E-state index contributed by atoms with van der Waals surface area (Å²) in [5.41, 5.74) is 3.31. The van der Waals surface area contributed by atoms with Crippen LogP contribution in [0.2, 0.25) is 5.02 Å². The number of carbonyl (C=O) groups excluding carboxylic acids is 1. The van der Waals surface area contributed by atoms with E-state index in [1.165, 1.54) is 0 Å². The number of anilines is 1. The molecule has 27 heavy (non-hydrogen) atoms. The zero-order valence-electron chi connectivity index (χ0n) is 14.4. The van der Waals surface area contributed by atoms with Crippen molar-refractivity contribution in [2.45, 2.75) is 0 Å². The van der Waals surface area contributed by atoms with Crippen molar-refractivity contribution in [3.63, 3.8) is 0 Å². The van der Waals surface area contributed by atoms with Crippen molar-refractivity contribution in [1.29, 1.82) is 0 Å². The highest BCUT2D eigenvalue weighted by molar-refractivity contribution is 6.30. The number of nitrogens with one attached hydrogen (secondary N) is 1.